The SMILES string of the molecule is COc1ccc(C2(NC(=S)Nc3ccc(CC#N)cc3)CCCC2)cc1. The molecule has 2 aromatic carbocycles. The van der Waals surface area contributed by atoms with Crippen LogP contribution in [0.2, 0.25) is 0 Å². The molecule has 0 spiro atoms. The number of benzene rings is 2. The monoisotopic (exact) mass is 365 g/mol. The van der Waals surface area contributed by atoms with E-state index in [2.05, 4.69) is 28.8 Å². The van der Waals surface area contributed by atoms with Crippen LogP contribution in [0, 0.1) is 11.3 Å². The summed E-state index contributed by atoms with van der Waals surface area (Å²) in [5.74, 6) is 0.861. The first-order valence-electron chi connectivity index (χ1n) is 8.85. The largest absolute Gasteiger partial charge is 0.497 e. The van der Waals surface area contributed by atoms with Gasteiger partial charge in [-0.05, 0) is 60.5 Å². The van der Waals surface area contributed by atoms with E-state index in [1.54, 1.807) is 7.11 Å². The molecule has 2 N–H and O–H groups in total. The summed E-state index contributed by atoms with van der Waals surface area (Å²) in [6.45, 7) is 0. The van der Waals surface area contributed by atoms with Crippen LogP contribution in [0.1, 0.15) is 36.8 Å². The zero-order valence-electron chi connectivity index (χ0n) is 14.9. The molecule has 1 aliphatic carbocycles. The Morgan fingerprint density at radius 1 is 1.12 bits per heavy atom. The first kappa shape index (κ1) is 18.2. The molecule has 0 amide bonds. The van der Waals surface area contributed by atoms with Crippen LogP contribution in [0.25, 0.3) is 0 Å². The van der Waals surface area contributed by atoms with Crippen molar-refractivity contribution in [1.29, 1.82) is 5.26 Å². The Bertz CT molecular complexity index is 788. The van der Waals surface area contributed by atoms with Crippen molar-refractivity contribution in [2.45, 2.75) is 37.6 Å². The maximum Gasteiger partial charge on any atom is 0.171 e. The number of thiocarbonyl (C=S) groups is 1. The van der Waals surface area contributed by atoms with Gasteiger partial charge in [0.15, 0.2) is 5.11 Å². The normalized spacial score (nSPS) is 15.1. The second-order valence-electron chi connectivity index (χ2n) is 6.63. The Morgan fingerprint density at radius 3 is 2.35 bits per heavy atom. The molecular formula is C21H23N3OS. The van der Waals surface area contributed by atoms with Crippen molar-refractivity contribution in [2.24, 2.45) is 0 Å². The van der Waals surface area contributed by atoms with Crippen molar-refractivity contribution in [3.05, 3.63) is 59.7 Å². The van der Waals surface area contributed by atoms with Crippen LogP contribution in [0.15, 0.2) is 48.5 Å². The molecule has 0 unspecified atom stereocenters. The topological polar surface area (TPSA) is 57.1 Å². The third-order valence-electron chi connectivity index (χ3n) is 4.95. The van der Waals surface area contributed by atoms with Crippen LogP contribution in [-0.2, 0) is 12.0 Å². The second kappa shape index (κ2) is 8.20. The molecule has 0 radical (unpaired) electrons. The number of hydrogen-bond donors (Lipinski definition) is 2. The number of nitriles is 1. The highest BCUT2D eigenvalue weighted by atomic mass is 32.1. The van der Waals surface area contributed by atoms with Crippen molar-refractivity contribution in [2.75, 3.05) is 12.4 Å². The third kappa shape index (κ3) is 4.14. The molecule has 0 saturated heterocycles. The maximum absolute atomic E-state index is 8.76. The van der Waals surface area contributed by atoms with E-state index in [0.29, 0.717) is 11.5 Å². The standard InChI is InChI=1S/C21H23N3OS/c1-25-19-10-6-17(7-11-19)21(13-2-3-14-21)24-20(26)23-18-8-4-16(5-9-18)12-15-22/h4-11H,2-3,12-14H2,1H3,(H2,23,24,26). The zero-order chi connectivity index (χ0) is 18.4. The lowest BCUT2D eigenvalue weighted by atomic mass is 9.88. The van der Waals surface area contributed by atoms with Gasteiger partial charge in [0, 0.05) is 5.69 Å². The maximum atomic E-state index is 8.76. The summed E-state index contributed by atoms with van der Waals surface area (Å²) in [6.07, 6.45) is 4.91. The molecule has 26 heavy (non-hydrogen) atoms. The summed E-state index contributed by atoms with van der Waals surface area (Å²) >= 11 is 5.58. The van der Waals surface area contributed by atoms with E-state index in [9.17, 15) is 0 Å². The van der Waals surface area contributed by atoms with Crippen molar-refractivity contribution < 1.29 is 4.74 Å². The highest BCUT2D eigenvalue weighted by Crippen LogP contribution is 2.39. The lowest BCUT2D eigenvalue weighted by Gasteiger charge is -2.32. The number of nitrogens with zero attached hydrogens (tertiary/aromatic N) is 1. The van der Waals surface area contributed by atoms with Crippen LogP contribution in [0.4, 0.5) is 5.69 Å². The molecule has 1 fully saturated rings. The highest BCUT2D eigenvalue weighted by molar-refractivity contribution is 7.80. The van der Waals surface area contributed by atoms with E-state index in [0.717, 1.165) is 29.8 Å². The van der Waals surface area contributed by atoms with Gasteiger partial charge in [0.2, 0.25) is 0 Å². The van der Waals surface area contributed by atoms with E-state index in [-0.39, 0.29) is 5.54 Å². The molecule has 0 aliphatic heterocycles. The summed E-state index contributed by atoms with van der Waals surface area (Å²) < 4.78 is 5.27. The van der Waals surface area contributed by atoms with E-state index >= 15 is 0 Å². The molecule has 4 nitrogen and oxygen atoms in total. The molecule has 0 aromatic heterocycles. The molecular weight excluding hydrogens is 342 g/mol. The molecule has 0 heterocycles. The second-order valence-corrected chi connectivity index (χ2v) is 7.04. The fourth-order valence-corrected chi connectivity index (χ4v) is 3.86. The smallest absolute Gasteiger partial charge is 0.171 e. The van der Waals surface area contributed by atoms with Gasteiger partial charge in [-0.2, -0.15) is 5.26 Å². The van der Waals surface area contributed by atoms with Gasteiger partial charge in [-0.15, -0.1) is 0 Å². The van der Waals surface area contributed by atoms with E-state index < -0.39 is 0 Å². The first-order chi connectivity index (χ1) is 12.6. The number of anilines is 1. The van der Waals surface area contributed by atoms with Crippen molar-refractivity contribution >= 4 is 23.0 Å². The predicted molar refractivity (Wildman–Crippen MR) is 108 cm³/mol. The number of ether oxygens (including phenoxy) is 1. The zero-order valence-corrected chi connectivity index (χ0v) is 15.7. The number of methoxy groups -OCH3 is 1. The molecule has 1 saturated carbocycles. The molecule has 134 valence electrons. The van der Waals surface area contributed by atoms with E-state index in [4.69, 9.17) is 22.2 Å². The Kier molecular flexibility index (Phi) is 5.75. The Hall–Kier alpha value is -2.58. The lowest BCUT2D eigenvalue weighted by Crippen LogP contribution is -2.45. The number of nitrogens with one attached hydrogen (secondary N) is 2. The fourth-order valence-electron chi connectivity index (χ4n) is 3.55. The summed E-state index contributed by atoms with van der Waals surface area (Å²) in [6, 6.07) is 18.2. The van der Waals surface area contributed by atoms with Gasteiger partial charge in [0.05, 0.1) is 25.1 Å². The van der Waals surface area contributed by atoms with Crippen molar-refractivity contribution in [1.82, 2.24) is 5.32 Å². The minimum absolute atomic E-state index is 0.128. The minimum atomic E-state index is -0.128. The lowest BCUT2D eigenvalue weighted by molar-refractivity contribution is 0.401. The average Bonchev–Trinajstić information content (AvgIpc) is 3.13. The van der Waals surface area contributed by atoms with Gasteiger partial charge in [-0.3, -0.25) is 0 Å². The first-order valence-corrected chi connectivity index (χ1v) is 9.26. The van der Waals surface area contributed by atoms with E-state index in [1.165, 1.54) is 18.4 Å². The van der Waals surface area contributed by atoms with Crippen molar-refractivity contribution in [3.8, 4) is 11.8 Å². The van der Waals surface area contributed by atoms with Crippen LogP contribution in [-0.4, -0.2) is 12.2 Å². The summed E-state index contributed by atoms with van der Waals surface area (Å²) in [7, 11) is 1.68. The summed E-state index contributed by atoms with van der Waals surface area (Å²) in [5, 5.41) is 16.2. The molecule has 1 aliphatic rings. The minimum Gasteiger partial charge on any atom is -0.497 e. The quantitative estimate of drug-likeness (QED) is 0.763. The van der Waals surface area contributed by atoms with Crippen molar-refractivity contribution in [3.63, 3.8) is 0 Å². The Balaban J connectivity index is 1.71. The Morgan fingerprint density at radius 2 is 1.77 bits per heavy atom. The van der Waals surface area contributed by atoms with Crippen LogP contribution < -0.4 is 15.4 Å². The van der Waals surface area contributed by atoms with Gasteiger partial charge in [-0.1, -0.05) is 37.1 Å². The fraction of sp³-hybridized carbons (Fsp3) is 0.333. The third-order valence-corrected chi connectivity index (χ3v) is 5.15. The molecule has 0 atom stereocenters. The van der Waals surface area contributed by atoms with Crippen LogP contribution >= 0.6 is 12.2 Å². The number of rotatable bonds is 5. The van der Waals surface area contributed by atoms with Gasteiger partial charge >= 0.3 is 0 Å². The van der Waals surface area contributed by atoms with Gasteiger partial charge in [0.1, 0.15) is 5.75 Å². The molecule has 0 bridgehead atoms. The molecule has 5 heteroatoms. The van der Waals surface area contributed by atoms with Crippen LogP contribution in [0.3, 0.4) is 0 Å². The van der Waals surface area contributed by atoms with Gasteiger partial charge in [0.25, 0.3) is 0 Å². The van der Waals surface area contributed by atoms with Gasteiger partial charge < -0.3 is 15.4 Å². The Labute approximate surface area is 160 Å². The molecule has 2 aromatic rings. The summed E-state index contributed by atoms with van der Waals surface area (Å²) in [5.41, 5.74) is 3.04. The predicted octanol–water partition coefficient (Wildman–Crippen LogP) is 4.52. The molecule has 3 rings (SSSR count). The van der Waals surface area contributed by atoms with Gasteiger partial charge in [-0.25, -0.2) is 0 Å². The van der Waals surface area contributed by atoms with Crippen LogP contribution in [0.5, 0.6) is 5.75 Å². The number of hydrogen-bond acceptors (Lipinski definition) is 3. The summed E-state index contributed by atoms with van der Waals surface area (Å²) in [4.78, 5) is 0. The average molecular weight is 366 g/mol. The van der Waals surface area contributed by atoms with E-state index in [1.807, 2.05) is 36.4 Å². The highest BCUT2D eigenvalue weighted by Gasteiger charge is 2.36.